The fraction of sp³-hybridized carbons (Fsp3) is 0.455. The molecule has 146 valence electrons. The van der Waals surface area contributed by atoms with Crippen molar-refractivity contribution in [3.05, 3.63) is 66.0 Å². The van der Waals surface area contributed by atoms with Crippen LogP contribution >= 0.6 is 0 Å². The third-order valence-electron chi connectivity index (χ3n) is 5.07. The van der Waals surface area contributed by atoms with Crippen LogP contribution in [0.3, 0.4) is 0 Å². The van der Waals surface area contributed by atoms with Crippen LogP contribution in [-0.4, -0.2) is 55.4 Å². The number of β-amino-alcohol motifs (C(OH)–C–C–N with tert-alkyl or cyclic N) is 1. The highest BCUT2D eigenvalue weighted by atomic mass is 19.1. The number of aliphatic hydroxyl groups excluding tert-OH is 1. The first-order valence-corrected chi connectivity index (χ1v) is 9.73. The molecule has 0 spiro atoms. The zero-order valence-corrected chi connectivity index (χ0v) is 15.9. The molecule has 2 aromatic rings. The van der Waals surface area contributed by atoms with Crippen LogP contribution in [0, 0.1) is 5.82 Å². The molecular weight excluding hydrogens is 343 g/mol. The minimum atomic E-state index is -0.525. The Balaban J connectivity index is 1.43. The van der Waals surface area contributed by atoms with Crippen molar-refractivity contribution in [3.8, 4) is 0 Å². The van der Waals surface area contributed by atoms with Crippen LogP contribution in [0.2, 0.25) is 0 Å². The summed E-state index contributed by atoms with van der Waals surface area (Å²) in [4.78, 5) is 4.28. The second kappa shape index (κ2) is 9.83. The van der Waals surface area contributed by atoms with E-state index < -0.39 is 6.10 Å². The topological polar surface area (TPSA) is 35.9 Å². The van der Waals surface area contributed by atoms with Gasteiger partial charge in [0.2, 0.25) is 0 Å². The molecule has 1 fully saturated rings. The number of benzene rings is 2. The molecule has 0 unspecified atom stereocenters. The van der Waals surface area contributed by atoms with Crippen LogP contribution in [0.15, 0.2) is 54.6 Å². The van der Waals surface area contributed by atoms with E-state index in [0.29, 0.717) is 18.8 Å². The van der Waals surface area contributed by atoms with E-state index in [-0.39, 0.29) is 11.9 Å². The minimum absolute atomic E-state index is 0.0127. The largest absolute Gasteiger partial charge is 0.389 e. The van der Waals surface area contributed by atoms with Crippen LogP contribution in [-0.2, 0) is 4.74 Å². The number of nitrogens with zero attached hydrogens (tertiary/aromatic N) is 2. The molecule has 0 saturated carbocycles. The maximum atomic E-state index is 13.9. The van der Waals surface area contributed by atoms with Gasteiger partial charge in [0.25, 0.3) is 0 Å². The van der Waals surface area contributed by atoms with Gasteiger partial charge in [0.15, 0.2) is 0 Å². The average molecular weight is 372 g/mol. The highest BCUT2D eigenvalue weighted by Crippen LogP contribution is 2.22. The molecule has 4 nitrogen and oxygen atoms in total. The molecule has 2 atom stereocenters. The zero-order chi connectivity index (χ0) is 19.1. The maximum absolute atomic E-state index is 13.9. The van der Waals surface area contributed by atoms with Gasteiger partial charge in [-0.1, -0.05) is 49.4 Å². The monoisotopic (exact) mass is 372 g/mol. The van der Waals surface area contributed by atoms with Gasteiger partial charge in [0.1, 0.15) is 5.82 Å². The Bertz CT molecular complexity index is 690. The lowest BCUT2D eigenvalue weighted by molar-refractivity contribution is -0.0240. The van der Waals surface area contributed by atoms with Gasteiger partial charge < -0.3 is 14.7 Å². The average Bonchev–Trinajstić information content (AvgIpc) is 2.70. The molecule has 2 aromatic carbocycles. The number of piperazine rings is 1. The standard InChI is InChI=1S/C22H29FN2O2/c1-2-22(18-8-4-3-5-9-18)27-17-19(26)16-24-12-14-25(15-13-24)21-11-7-6-10-20(21)23/h3-11,19,22,26H,2,12-17H2,1H3/t19-,22-/m0/s1. The van der Waals surface area contributed by atoms with E-state index in [1.54, 1.807) is 6.07 Å². The number of halogens is 1. The lowest BCUT2D eigenvalue weighted by Crippen LogP contribution is -2.49. The highest BCUT2D eigenvalue weighted by molar-refractivity contribution is 5.47. The van der Waals surface area contributed by atoms with Crippen molar-refractivity contribution in [1.29, 1.82) is 0 Å². The molecule has 1 heterocycles. The summed E-state index contributed by atoms with van der Waals surface area (Å²) in [7, 11) is 0. The number of hydrogen-bond acceptors (Lipinski definition) is 4. The fourth-order valence-electron chi connectivity index (χ4n) is 3.57. The molecule has 0 aromatic heterocycles. The Morgan fingerprint density at radius 3 is 2.33 bits per heavy atom. The van der Waals surface area contributed by atoms with Gasteiger partial charge in [0, 0.05) is 32.7 Å². The van der Waals surface area contributed by atoms with Crippen molar-refractivity contribution in [2.75, 3.05) is 44.2 Å². The SMILES string of the molecule is CC[C@H](OC[C@@H](O)CN1CCN(c2ccccc2F)CC1)c1ccccc1. The molecule has 1 aliphatic rings. The summed E-state index contributed by atoms with van der Waals surface area (Å²) in [6.45, 7) is 6.12. The van der Waals surface area contributed by atoms with Crippen molar-refractivity contribution in [3.63, 3.8) is 0 Å². The van der Waals surface area contributed by atoms with E-state index in [4.69, 9.17) is 4.74 Å². The minimum Gasteiger partial charge on any atom is -0.389 e. The van der Waals surface area contributed by atoms with Gasteiger partial charge in [-0.05, 0) is 24.1 Å². The van der Waals surface area contributed by atoms with Gasteiger partial charge in [-0.25, -0.2) is 4.39 Å². The Labute approximate surface area is 161 Å². The molecule has 1 saturated heterocycles. The molecule has 27 heavy (non-hydrogen) atoms. The quantitative estimate of drug-likeness (QED) is 0.770. The summed E-state index contributed by atoms with van der Waals surface area (Å²) in [5.74, 6) is -0.175. The van der Waals surface area contributed by atoms with Crippen molar-refractivity contribution >= 4 is 5.69 Å². The molecule has 1 N–H and O–H groups in total. The summed E-state index contributed by atoms with van der Waals surface area (Å²) in [5.41, 5.74) is 1.81. The van der Waals surface area contributed by atoms with E-state index in [1.165, 1.54) is 6.07 Å². The molecule has 0 bridgehead atoms. The third kappa shape index (κ3) is 5.51. The smallest absolute Gasteiger partial charge is 0.146 e. The molecule has 0 radical (unpaired) electrons. The lowest BCUT2D eigenvalue weighted by Gasteiger charge is -2.37. The van der Waals surface area contributed by atoms with Crippen LogP contribution in [0.25, 0.3) is 0 Å². The number of hydrogen-bond donors (Lipinski definition) is 1. The maximum Gasteiger partial charge on any atom is 0.146 e. The van der Waals surface area contributed by atoms with Crippen LogP contribution in [0.5, 0.6) is 0 Å². The molecule has 3 rings (SSSR count). The summed E-state index contributed by atoms with van der Waals surface area (Å²) in [6, 6.07) is 17.0. The molecule has 0 amide bonds. The molecule has 5 heteroatoms. The first-order valence-electron chi connectivity index (χ1n) is 9.73. The second-order valence-corrected chi connectivity index (χ2v) is 7.03. The lowest BCUT2D eigenvalue weighted by atomic mass is 10.1. The second-order valence-electron chi connectivity index (χ2n) is 7.03. The number of para-hydroxylation sites is 1. The first kappa shape index (κ1) is 19.8. The van der Waals surface area contributed by atoms with Crippen LogP contribution in [0.4, 0.5) is 10.1 Å². The van der Waals surface area contributed by atoms with Gasteiger partial charge in [-0.3, -0.25) is 4.90 Å². The van der Waals surface area contributed by atoms with Crippen LogP contribution in [0.1, 0.15) is 25.0 Å². The number of anilines is 1. The molecular formula is C22H29FN2O2. The summed E-state index contributed by atoms with van der Waals surface area (Å²) in [5, 5.41) is 10.4. The summed E-state index contributed by atoms with van der Waals surface area (Å²) in [6.07, 6.45) is 0.361. The van der Waals surface area contributed by atoms with Crippen molar-refractivity contribution in [2.45, 2.75) is 25.6 Å². The third-order valence-corrected chi connectivity index (χ3v) is 5.07. The summed E-state index contributed by atoms with van der Waals surface area (Å²) < 4.78 is 19.9. The first-order chi connectivity index (χ1) is 13.2. The van der Waals surface area contributed by atoms with Gasteiger partial charge in [-0.15, -0.1) is 0 Å². The Morgan fingerprint density at radius 1 is 1.00 bits per heavy atom. The summed E-state index contributed by atoms with van der Waals surface area (Å²) >= 11 is 0. The van der Waals surface area contributed by atoms with Crippen molar-refractivity contribution < 1.29 is 14.2 Å². The predicted octanol–water partition coefficient (Wildman–Crippen LogP) is 3.48. The predicted molar refractivity (Wildman–Crippen MR) is 106 cm³/mol. The molecule has 0 aliphatic carbocycles. The van der Waals surface area contributed by atoms with Crippen LogP contribution < -0.4 is 4.90 Å². The fourth-order valence-corrected chi connectivity index (χ4v) is 3.57. The molecule has 1 aliphatic heterocycles. The van der Waals surface area contributed by atoms with Crippen molar-refractivity contribution in [2.24, 2.45) is 0 Å². The van der Waals surface area contributed by atoms with Crippen molar-refractivity contribution in [1.82, 2.24) is 4.90 Å². The van der Waals surface area contributed by atoms with Gasteiger partial charge in [0.05, 0.1) is 24.5 Å². The highest BCUT2D eigenvalue weighted by Gasteiger charge is 2.21. The number of ether oxygens (including phenoxy) is 1. The van der Waals surface area contributed by atoms with E-state index in [0.717, 1.165) is 38.2 Å². The zero-order valence-electron chi connectivity index (χ0n) is 15.9. The number of rotatable bonds is 8. The Kier molecular flexibility index (Phi) is 7.21. The van der Waals surface area contributed by atoms with E-state index in [1.807, 2.05) is 30.3 Å². The Morgan fingerprint density at radius 2 is 1.67 bits per heavy atom. The number of aliphatic hydroxyl groups is 1. The Hall–Kier alpha value is -1.95. The van der Waals surface area contributed by atoms with E-state index >= 15 is 0 Å². The van der Waals surface area contributed by atoms with E-state index in [2.05, 4.69) is 28.9 Å². The van der Waals surface area contributed by atoms with Gasteiger partial charge in [-0.2, -0.15) is 0 Å². The normalized spacial score (nSPS) is 17.7. The van der Waals surface area contributed by atoms with E-state index in [9.17, 15) is 9.50 Å². The van der Waals surface area contributed by atoms with Gasteiger partial charge >= 0.3 is 0 Å².